The van der Waals surface area contributed by atoms with Gasteiger partial charge in [-0.05, 0) is 0 Å². The number of thiazole rings is 1. The summed E-state index contributed by atoms with van der Waals surface area (Å²) in [4.78, 5) is 3.68. The van der Waals surface area contributed by atoms with Crippen LogP contribution < -0.4 is 5.32 Å². The van der Waals surface area contributed by atoms with Crippen LogP contribution in [0.3, 0.4) is 0 Å². The fourth-order valence-corrected chi connectivity index (χ4v) is 0.922. The Morgan fingerprint density at radius 3 is 3.33 bits per heavy atom. The van der Waals surface area contributed by atoms with Gasteiger partial charge in [-0.15, -0.1) is 0 Å². The number of rotatable bonds is 3. The molecule has 0 unspecified atom stereocenters. The second-order valence-electron chi connectivity index (χ2n) is 1.43. The van der Waals surface area contributed by atoms with Crippen molar-refractivity contribution in [2.75, 3.05) is 18.5 Å². The summed E-state index contributed by atoms with van der Waals surface area (Å²) in [5.41, 5.74) is 2.65. The third kappa shape index (κ3) is 1.97. The molecule has 0 aliphatic rings. The van der Waals surface area contributed by atoms with Gasteiger partial charge in [0.2, 0.25) is 0 Å². The Labute approximate surface area is 56.7 Å². The van der Waals surface area contributed by atoms with E-state index in [-0.39, 0.29) is 6.67 Å². The molecule has 0 saturated heterocycles. The molecule has 0 bridgehead atoms. The Bertz CT molecular complexity index is 152. The molecule has 49 valence electrons. The standard InChI is InChI=1S/C5H6FN2S/c6-1-2-8-5-3-7-4-9-5/h3,8H,1-2H2. The summed E-state index contributed by atoms with van der Waals surface area (Å²) in [6.07, 6.45) is 1.63. The SMILES string of the molecule is FCCNc1cn[c]s1. The van der Waals surface area contributed by atoms with Crippen molar-refractivity contribution in [2.45, 2.75) is 0 Å². The number of nitrogens with zero attached hydrogens (tertiary/aromatic N) is 1. The number of halogens is 1. The Morgan fingerprint density at radius 1 is 1.89 bits per heavy atom. The van der Waals surface area contributed by atoms with E-state index in [1.807, 2.05) is 0 Å². The molecule has 1 aromatic rings. The first-order chi connectivity index (χ1) is 4.43. The molecule has 1 rings (SSSR count). The van der Waals surface area contributed by atoms with Crippen molar-refractivity contribution >= 4 is 16.3 Å². The van der Waals surface area contributed by atoms with E-state index >= 15 is 0 Å². The van der Waals surface area contributed by atoms with Gasteiger partial charge in [0.15, 0.2) is 5.51 Å². The average molecular weight is 145 g/mol. The predicted octanol–water partition coefficient (Wildman–Crippen LogP) is 1.32. The normalized spacial score (nSPS) is 9.44. The first-order valence-electron chi connectivity index (χ1n) is 2.55. The van der Waals surface area contributed by atoms with Crippen molar-refractivity contribution in [2.24, 2.45) is 0 Å². The van der Waals surface area contributed by atoms with Crippen LogP contribution in [0.5, 0.6) is 0 Å². The second kappa shape index (κ2) is 3.40. The Morgan fingerprint density at radius 2 is 2.78 bits per heavy atom. The minimum absolute atomic E-state index is 0.349. The van der Waals surface area contributed by atoms with Gasteiger partial charge in [0.1, 0.15) is 11.7 Å². The number of anilines is 1. The van der Waals surface area contributed by atoms with E-state index in [2.05, 4.69) is 15.8 Å². The van der Waals surface area contributed by atoms with Gasteiger partial charge < -0.3 is 5.32 Å². The van der Waals surface area contributed by atoms with Crippen LogP contribution in [-0.2, 0) is 0 Å². The molecule has 4 heteroatoms. The Balaban J connectivity index is 2.30. The molecule has 1 aromatic heterocycles. The smallest absolute Gasteiger partial charge is 0.154 e. The third-order valence-electron chi connectivity index (χ3n) is 0.784. The Kier molecular flexibility index (Phi) is 2.45. The zero-order valence-electron chi connectivity index (χ0n) is 4.72. The van der Waals surface area contributed by atoms with Crippen molar-refractivity contribution in [3.05, 3.63) is 11.7 Å². The van der Waals surface area contributed by atoms with Crippen LogP contribution >= 0.6 is 11.3 Å². The molecule has 0 aliphatic carbocycles. The highest BCUT2D eigenvalue weighted by Crippen LogP contribution is 2.10. The van der Waals surface area contributed by atoms with E-state index < -0.39 is 0 Å². The molecule has 0 aliphatic heterocycles. The minimum atomic E-state index is -0.349. The van der Waals surface area contributed by atoms with E-state index in [1.165, 1.54) is 11.3 Å². The number of nitrogens with one attached hydrogen (secondary N) is 1. The highest BCUT2D eigenvalue weighted by molar-refractivity contribution is 7.13. The van der Waals surface area contributed by atoms with Crippen LogP contribution in [-0.4, -0.2) is 18.2 Å². The molecular formula is C5H6FN2S. The lowest BCUT2D eigenvalue weighted by atomic mass is 10.7. The molecule has 0 amide bonds. The van der Waals surface area contributed by atoms with Gasteiger partial charge in [-0.3, -0.25) is 0 Å². The molecule has 0 fully saturated rings. The summed E-state index contributed by atoms with van der Waals surface area (Å²) in [7, 11) is 0. The average Bonchev–Trinajstić information content (AvgIpc) is 2.34. The zero-order chi connectivity index (χ0) is 6.53. The van der Waals surface area contributed by atoms with Crippen molar-refractivity contribution in [1.29, 1.82) is 0 Å². The van der Waals surface area contributed by atoms with Gasteiger partial charge >= 0.3 is 0 Å². The summed E-state index contributed by atoms with van der Waals surface area (Å²) in [6, 6.07) is 0. The van der Waals surface area contributed by atoms with Crippen molar-refractivity contribution in [3.63, 3.8) is 0 Å². The molecule has 1 heterocycles. The summed E-state index contributed by atoms with van der Waals surface area (Å²) in [5, 5.41) is 3.69. The van der Waals surface area contributed by atoms with Gasteiger partial charge in [-0.25, -0.2) is 9.37 Å². The maximum absolute atomic E-state index is 11.5. The molecule has 2 nitrogen and oxygen atoms in total. The quantitative estimate of drug-likeness (QED) is 0.694. The maximum Gasteiger partial charge on any atom is 0.154 e. The monoisotopic (exact) mass is 145 g/mol. The summed E-state index contributed by atoms with van der Waals surface area (Å²) >= 11 is 1.35. The van der Waals surface area contributed by atoms with Gasteiger partial charge in [0, 0.05) is 6.54 Å². The third-order valence-corrected chi connectivity index (χ3v) is 1.45. The largest absolute Gasteiger partial charge is 0.373 e. The van der Waals surface area contributed by atoms with Gasteiger partial charge in [0.05, 0.1) is 6.20 Å². The van der Waals surface area contributed by atoms with Gasteiger partial charge in [-0.2, -0.15) is 0 Å². The van der Waals surface area contributed by atoms with Crippen LogP contribution in [0.15, 0.2) is 6.20 Å². The first kappa shape index (κ1) is 6.48. The lowest BCUT2D eigenvalue weighted by molar-refractivity contribution is 0.513. The number of hydrogen-bond donors (Lipinski definition) is 1. The van der Waals surface area contributed by atoms with E-state index in [0.717, 1.165) is 5.00 Å². The van der Waals surface area contributed by atoms with Crippen LogP contribution in [0.2, 0.25) is 0 Å². The highest BCUT2D eigenvalue weighted by Gasteiger charge is 1.89. The number of hydrogen-bond acceptors (Lipinski definition) is 3. The van der Waals surface area contributed by atoms with Gasteiger partial charge in [0.25, 0.3) is 0 Å². The minimum Gasteiger partial charge on any atom is -0.373 e. The van der Waals surface area contributed by atoms with Crippen molar-refractivity contribution in [3.8, 4) is 0 Å². The van der Waals surface area contributed by atoms with E-state index in [1.54, 1.807) is 6.20 Å². The maximum atomic E-state index is 11.5. The predicted molar refractivity (Wildman–Crippen MR) is 35.4 cm³/mol. The molecule has 0 atom stereocenters. The van der Waals surface area contributed by atoms with Gasteiger partial charge in [-0.1, -0.05) is 11.3 Å². The fraction of sp³-hybridized carbons (Fsp3) is 0.400. The molecule has 1 N–H and O–H groups in total. The van der Waals surface area contributed by atoms with Crippen LogP contribution in [0.4, 0.5) is 9.39 Å². The zero-order valence-corrected chi connectivity index (χ0v) is 5.54. The molecule has 1 radical (unpaired) electrons. The Hall–Kier alpha value is -0.640. The van der Waals surface area contributed by atoms with E-state index in [9.17, 15) is 4.39 Å². The number of aromatic nitrogens is 1. The molecular weight excluding hydrogens is 139 g/mol. The lowest BCUT2D eigenvalue weighted by Gasteiger charge is -1.94. The molecule has 9 heavy (non-hydrogen) atoms. The fourth-order valence-electron chi connectivity index (χ4n) is 0.439. The molecule has 0 aromatic carbocycles. The number of alkyl halides is 1. The van der Waals surface area contributed by atoms with Crippen LogP contribution in [0.25, 0.3) is 0 Å². The lowest BCUT2D eigenvalue weighted by Crippen LogP contribution is -2.00. The summed E-state index contributed by atoms with van der Waals surface area (Å²) < 4.78 is 11.5. The first-order valence-corrected chi connectivity index (χ1v) is 3.37. The van der Waals surface area contributed by atoms with Crippen molar-refractivity contribution < 1.29 is 4.39 Å². The van der Waals surface area contributed by atoms with Crippen LogP contribution in [0, 0.1) is 5.51 Å². The van der Waals surface area contributed by atoms with Crippen LogP contribution in [0.1, 0.15) is 0 Å². The topological polar surface area (TPSA) is 24.9 Å². The summed E-state index contributed by atoms with van der Waals surface area (Å²) in [5.74, 6) is 0. The molecule has 0 saturated carbocycles. The summed E-state index contributed by atoms with van der Waals surface area (Å²) in [6.45, 7) is 0.00787. The molecule has 0 spiro atoms. The van der Waals surface area contributed by atoms with Crippen molar-refractivity contribution in [1.82, 2.24) is 4.98 Å². The second-order valence-corrected chi connectivity index (χ2v) is 2.26. The van der Waals surface area contributed by atoms with E-state index in [0.29, 0.717) is 6.54 Å². The highest BCUT2D eigenvalue weighted by atomic mass is 32.1. The van der Waals surface area contributed by atoms with E-state index in [4.69, 9.17) is 0 Å².